The molecule has 25 heavy (non-hydrogen) atoms. The Hall–Kier alpha value is -2.08. The number of ether oxygens (including phenoxy) is 2. The number of rotatable bonds is 8. The van der Waals surface area contributed by atoms with Gasteiger partial charge in [-0.25, -0.2) is 0 Å². The summed E-state index contributed by atoms with van der Waals surface area (Å²) in [6, 6.07) is 7.31. The molecule has 1 saturated heterocycles. The first-order valence-electron chi connectivity index (χ1n) is 8.82. The van der Waals surface area contributed by atoms with Crippen LogP contribution in [0.5, 0.6) is 5.75 Å². The van der Waals surface area contributed by atoms with Crippen LogP contribution in [-0.2, 0) is 14.3 Å². The molecule has 1 aliphatic rings. The summed E-state index contributed by atoms with van der Waals surface area (Å²) in [7, 11) is 3.22. The molecule has 0 aromatic heterocycles. The number of hydrogen-bond acceptors (Lipinski definition) is 4. The van der Waals surface area contributed by atoms with Crippen molar-refractivity contribution in [2.24, 2.45) is 5.92 Å². The number of methoxy groups -OCH3 is 2. The van der Waals surface area contributed by atoms with Gasteiger partial charge in [-0.15, -0.1) is 0 Å². The smallest absolute Gasteiger partial charge is 0.225 e. The van der Waals surface area contributed by atoms with Crippen molar-refractivity contribution in [2.45, 2.75) is 32.2 Å². The minimum Gasteiger partial charge on any atom is -0.497 e. The van der Waals surface area contributed by atoms with Gasteiger partial charge in [0, 0.05) is 26.6 Å². The highest BCUT2D eigenvalue weighted by Gasteiger charge is 2.40. The molecule has 6 nitrogen and oxygen atoms in total. The molecule has 1 aliphatic heterocycles. The number of likely N-dealkylation sites (tertiary alicyclic amines) is 1. The van der Waals surface area contributed by atoms with Gasteiger partial charge in [0.05, 0.1) is 25.7 Å². The van der Waals surface area contributed by atoms with Gasteiger partial charge in [0.15, 0.2) is 0 Å². The summed E-state index contributed by atoms with van der Waals surface area (Å²) < 4.78 is 10.5. The quantitative estimate of drug-likeness (QED) is 0.782. The molecule has 6 heteroatoms. The van der Waals surface area contributed by atoms with Crippen molar-refractivity contribution in [1.29, 1.82) is 0 Å². The van der Waals surface area contributed by atoms with Crippen LogP contribution in [0.2, 0.25) is 0 Å². The van der Waals surface area contributed by atoms with Gasteiger partial charge in [-0.2, -0.15) is 0 Å². The van der Waals surface area contributed by atoms with Gasteiger partial charge in [-0.1, -0.05) is 19.1 Å². The number of nitrogens with zero attached hydrogens (tertiary/aromatic N) is 1. The van der Waals surface area contributed by atoms with E-state index in [0.29, 0.717) is 32.5 Å². The Kier molecular flexibility index (Phi) is 7.25. The summed E-state index contributed by atoms with van der Waals surface area (Å²) in [5.74, 6) is 0.511. The highest BCUT2D eigenvalue weighted by atomic mass is 16.5. The van der Waals surface area contributed by atoms with E-state index in [1.54, 1.807) is 19.1 Å². The summed E-state index contributed by atoms with van der Waals surface area (Å²) in [6.45, 7) is 3.57. The summed E-state index contributed by atoms with van der Waals surface area (Å²) in [5, 5.41) is 2.98. The minimum atomic E-state index is -0.302. The van der Waals surface area contributed by atoms with E-state index in [2.05, 4.69) is 5.32 Å². The van der Waals surface area contributed by atoms with E-state index in [1.165, 1.54) is 0 Å². The second-order valence-electron chi connectivity index (χ2n) is 6.24. The molecule has 0 spiro atoms. The Morgan fingerprint density at radius 1 is 1.36 bits per heavy atom. The zero-order valence-electron chi connectivity index (χ0n) is 15.3. The lowest BCUT2D eigenvalue weighted by Gasteiger charge is -2.40. The molecule has 0 unspecified atom stereocenters. The fourth-order valence-corrected chi connectivity index (χ4v) is 3.30. The van der Waals surface area contributed by atoms with Gasteiger partial charge >= 0.3 is 0 Å². The first-order valence-corrected chi connectivity index (χ1v) is 8.82. The summed E-state index contributed by atoms with van der Waals surface area (Å²) in [5.41, 5.74) is 0.917. The zero-order chi connectivity index (χ0) is 18.2. The maximum atomic E-state index is 12.7. The van der Waals surface area contributed by atoms with Crippen molar-refractivity contribution in [2.75, 3.05) is 33.9 Å². The lowest BCUT2D eigenvalue weighted by molar-refractivity contribution is -0.144. The van der Waals surface area contributed by atoms with E-state index >= 15 is 0 Å². The molecule has 0 saturated carbocycles. The number of carbonyl (C=O) groups is 2. The van der Waals surface area contributed by atoms with Crippen LogP contribution < -0.4 is 10.1 Å². The van der Waals surface area contributed by atoms with Crippen molar-refractivity contribution >= 4 is 11.8 Å². The number of hydrogen-bond donors (Lipinski definition) is 1. The maximum Gasteiger partial charge on any atom is 0.225 e. The van der Waals surface area contributed by atoms with Crippen molar-refractivity contribution < 1.29 is 19.1 Å². The summed E-state index contributed by atoms with van der Waals surface area (Å²) in [4.78, 5) is 27.0. The molecular weight excluding hydrogens is 320 g/mol. The van der Waals surface area contributed by atoms with Crippen molar-refractivity contribution in [3.63, 3.8) is 0 Å². The second-order valence-corrected chi connectivity index (χ2v) is 6.24. The van der Waals surface area contributed by atoms with Crippen LogP contribution in [0.3, 0.4) is 0 Å². The van der Waals surface area contributed by atoms with Gasteiger partial charge in [0.25, 0.3) is 0 Å². The van der Waals surface area contributed by atoms with Gasteiger partial charge < -0.3 is 19.7 Å². The topological polar surface area (TPSA) is 67.9 Å². The molecule has 1 heterocycles. The molecule has 1 aromatic rings. The average molecular weight is 348 g/mol. The van der Waals surface area contributed by atoms with Gasteiger partial charge in [-0.05, 0) is 30.5 Å². The minimum absolute atomic E-state index is 0.00425. The van der Waals surface area contributed by atoms with Crippen molar-refractivity contribution in [3.05, 3.63) is 29.8 Å². The first kappa shape index (κ1) is 19.2. The van der Waals surface area contributed by atoms with E-state index in [9.17, 15) is 9.59 Å². The van der Waals surface area contributed by atoms with Crippen LogP contribution in [0.1, 0.15) is 37.8 Å². The monoisotopic (exact) mass is 348 g/mol. The molecule has 138 valence electrons. The van der Waals surface area contributed by atoms with Crippen LogP contribution in [0.4, 0.5) is 0 Å². The van der Waals surface area contributed by atoms with Crippen LogP contribution in [0.25, 0.3) is 0 Å². The number of carbonyl (C=O) groups excluding carboxylic acids is 2. The normalized spacial score (nSPS) is 20.4. The molecular formula is C19H28N2O4. The summed E-state index contributed by atoms with van der Waals surface area (Å²) >= 11 is 0. The fourth-order valence-electron chi connectivity index (χ4n) is 3.30. The lowest BCUT2D eigenvalue weighted by Crippen LogP contribution is -2.49. The van der Waals surface area contributed by atoms with E-state index in [-0.39, 0.29) is 23.8 Å². The molecule has 0 bridgehead atoms. The first-order chi connectivity index (χ1) is 12.1. The second kappa shape index (κ2) is 9.42. The predicted molar refractivity (Wildman–Crippen MR) is 95.3 cm³/mol. The van der Waals surface area contributed by atoms with Crippen LogP contribution in [0, 0.1) is 5.92 Å². The summed E-state index contributed by atoms with van der Waals surface area (Å²) in [6.07, 6.45) is 1.82. The Balaban J connectivity index is 2.35. The largest absolute Gasteiger partial charge is 0.497 e. The van der Waals surface area contributed by atoms with Gasteiger partial charge in [0.1, 0.15) is 5.75 Å². The van der Waals surface area contributed by atoms with Crippen LogP contribution in [-0.4, -0.2) is 50.6 Å². The Bertz CT molecular complexity index is 591. The third-order valence-electron chi connectivity index (χ3n) is 4.56. The van der Waals surface area contributed by atoms with Crippen LogP contribution in [0.15, 0.2) is 24.3 Å². The lowest BCUT2D eigenvalue weighted by atomic mass is 9.83. The number of nitrogens with one attached hydrogen (secondary N) is 1. The van der Waals surface area contributed by atoms with Gasteiger partial charge in [-0.3, -0.25) is 9.59 Å². The molecule has 2 rings (SSSR count). The molecule has 2 atom stereocenters. The highest BCUT2D eigenvalue weighted by Crippen LogP contribution is 2.37. The van der Waals surface area contributed by atoms with Gasteiger partial charge in [0.2, 0.25) is 11.8 Å². The van der Waals surface area contributed by atoms with E-state index in [1.807, 2.05) is 31.2 Å². The fraction of sp³-hybridized carbons (Fsp3) is 0.579. The third kappa shape index (κ3) is 4.72. The highest BCUT2D eigenvalue weighted by molar-refractivity contribution is 5.85. The van der Waals surface area contributed by atoms with Crippen molar-refractivity contribution in [3.8, 4) is 5.75 Å². The molecule has 1 aromatic carbocycles. The number of piperidine rings is 1. The Morgan fingerprint density at radius 2 is 2.16 bits per heavy atom. The SMILES string of the molecule is CCCNC(=O)[C@@H]1CCC(=O)N(CCOC)[C@H]1c1cccc(OC)c1. The molecule has 2 amide bonds. The average Bonchev–Trinajstić information content (AvgIpc) is 2.64. The molecule has 1 N–H and O–H groups in total. The van der Waals surface area contributed by atoms with E-state index < -0.39 is 0 Å². The zero-order valence-corrected chi connectivity index (χ0v) is 15.3. The number of amides is 2. The molecule has 1 fully saturated rings. The third-order valence-corrected chi connectivity index (χ3v) is 4.56. The number of benzene rings is 1. The maximum absolute atomic E-state index is 12.7. The van der Waals surface area contributed by atoms with Crippen LogP contribution >= 0.6 is 0 Å². The van der Waals surface area contributed by atoms with E-state index in [4.69, 9.17) is 9.47 Å². The predicted octanol–water partition coefficient (Wildman–Crippen LogP) is 2.15. The molecule has 0 radical (unpaired) electrons. The Labute approximate surface area is 149 Å². The standard InChI is InChI=1S/C19H28N2O4/c1-4-10-20-19(23)16-8-9-17(22)21(11-12-24-2)18(16)14-6-5-7-15(13-14)25-3/h5-7,13,16,18H,4,8-12H2,1-3H3,(H,20,23)/t16-,18+/m1/s1. The van der Waals surface area contributed by atoms with E-state index in [0.717, 1.165) is 17.7 Å². The van der Waals surface area contributed by atoms with Crippen molar-refractivity contribution in [1.82, 2.24) is 10.2 Å². The molecule has 0 aliphatic carbocycles. The Morgan fingerprint density at radius 3 is 2.84 bits per heavy atom.